The van der Waals surface area contributed by atoms with Crippen LogP contribution in [0.5, 0.6) is 5.75 Å². The number of fused-ring (bicyclic) bond motifs is 2. The SMILES string of the molecule is O=C1N(C(c2ccccc2)c2ccccc2)c2ccccc2C1(O)c1c(O)ccc2nonc12. The molecule has 7 heteroatoms. The molecule has 2 heterocycles. The molecule has 2 N–H and O–H groups in total. The molecule has 1 unspecified atom stereocenters. The molecule has 0 aliphatic carbocycles. The number of carbonyl (C=O) groups excluding carboxylic acids is 1. The number of nitrogens with zero attached hydrogens (tertiary/aromatic N) is 3. The number of benzene rings is 4. The van der Waals surface area contributed by atoms with E-state index in [1.807, 2.05) is 66.7 Å². The second-order valence-electron chi connectivity index (χ2n) is 8.22. The van der Waals surface area contributed by atoms with E-state index in [2.05, 4.69) is 10.3 Å². The van der Waals surface area contributed by atoms with Gasteiger partial charge in [-0.2, -0.15) is 0 Å². The molecule has 1 atom stereocenters. The van der Waals surface area contributed by atoms with Gasteiger partial charge in [0, 0.05) is 5.56 Å². The summed E-state index contributed by atoms with van der Waals surface area (Å²) in [5, 5.41) is 30.7. The number of hydrogen-bond donors (Lipinski definition) is 2. The number of aromatic hydroxyl groups is 1. The molecular formula is C27H19N3O4. The van der Waals surface area contributed by atoms with Gasteiger partial charge in [-0.05, 0) is 39.6 Å². The summed E-state index contributed by atoms with van der Waals surface area (Å²) in [7, 11) is 0. The molecule has 1 aromatic heterocycles. The van der Waals surface area contributed by atoms with Crippen molar-refractivity contribution in [1.82, 2.24) is 10.3 Å². The van der Waals surface area contributed by atoms with E-state index in [0.717, 1.165) is 11.1 Å². The maximum atomic E-state index is 14.3. The fourth-order valence-electron chi connectivity index (χ4n) is 4.85. The number of aliphatic hydroxyl groups is 1. The molecule has 0 radical (unpaired) electrons. The Morgan fingerprint density at radius 2 is 1.41 bits per heavy atom. The minimum absolute atomic E-state index is 0.0499. The smallest absolute Gasteiger partial charge is 0.269 e. The van der Waals surface area contributed by atoms with Crippen LogP contribution in [0, 0.1) is 0 Å². The quantitative estimate of drug-likeness (QED) is 0.424. The van der Waals surface area contributed by atoms with Gasteiger partial charge in [0.25, 0.3) is 5.91 Å². The van der Waals surface area contributed by atoms with Crippen LogP contribution in [0.2, 0.25) is 0 Å². The van der Waals surface area contributed by atoms with Gasteiger partial charge in [-0.3, -0.25) is 9.69 Å². The average molecular weight is 449 g/mol. The van der Waals surface area contributed by atoms with Crippen molar-refractivity contribution < 1.29 is 19.6 Å². The highest BCUT2D eigenvalue weighted by Crippen LogP contribution is 2.51. The van der Waals surface area contributed by atoms with Gasteiger partial charge >= 0.3 is 0 Å². The summed E-state index contributed by atoms with van der Waals surface area (Å²) in [5.74, 6) is -0.871. The highest BCUT2D eigenvalue weighted by molar-refractivity contribution is 6.12. The summed E-state index contributed by atoms with van der Waals surface area (Å²) < 4.78 is 4.85. The van der Waals surface area contributed by atoms with E-state index in [4.69, 9.17) is 4.63 Å². The van der Waals surface area contributed by atoms with E-state index in [-0.39, 0.29) is 16.8 Å². The lowest BCUT2D eigenvalue weighted by Crippen LogP contribution is -2.43. The molecule has 34 heavy (non-hydrogen) atoms. The molecule has 0 spiro atoms. The fourth-order valence-corrected chi connectivity index (χ4v) is 4.85. The molecule has 1 aliphatic heterocycles. The topological polar surface area (TPSA) is 99.7 Å². The number of hydrogen-bond acceptors (Lipinski definition) is 6. The van der Waals surface area contributed by atoms with Crippen LogP contribution in [0.4, 0.5) is 5.69 Å². The van der Waals surface area contributed by atoms with Crippen LogP contribution < -0.4 is 4.90 Å². The van der Waals surface area contributed by atoms with Crippen LogP contribution >= 0.6 is 0 Å². The highest BCUT2D eigenvalue weighted by atomic mass is 16.6. The van der Waals surface area contributed by atoms with Gasteiger partial charge in [0.05, 0.1) is 17.3 Å². The van der Waals surface area contributed by atoms with Crippen molar-refractivity contribution >= 4 is 22.6 Å². The molecule has 7 nitrogen and oxygen atoms in total. The van der Waals surface area contributed by atoms with Crippen LogP contribution in [0.3, 0.4) is 0 Å². The van der Waals surface area contributed by atoms with Gasteiger partial charge in [0.2, 0.25) is 5.60 Å². The van der Waals surface area contributed by atoms with Crippen molar-refractivity contribution in [3.63, 3.8) is 0 Å². The molecule has 5 aromatic rings. The Labute approximate surface area is 194 Å². The molecule has 1 aliphatic rings. The van der Waals surface area contributed by atoms with Crippen molar-refractivity contribution in [1.29, 1.82) is 0 Å². The van der Waals surface area contributed by atoms with Gasteiger partial charge in [0.1, 0.15) is 16.8 Å². The first kappa shape index (κ1) is 20.1. The zero-order valence-corrected chi connectivity index (χ0v) is 17.9. The lowest BCUT2D eigenvalue weighted by atomic mass is 9.86. The number of rotatable bonds is 4. The zero-order chi connectivity index (χ0) is 23.3. The third-order valence-electron chi connectivity index (χ3n) is 6.34. The Balaban J connectivity index is 1.63. The zero-order valence-electron chi connectivity index (χ0n) is 17.9. The van der Waals surface area contributed by atoms with Crippen molar-refractivity contribution in [3.8, 4) is 5.75 Å². The molecule has 166 valence electrons. The van der Waals surface area contributed by atoms with Crippen LogP contribution in [-0.2, 0) is 10.4 Å². The molecule has 4 aromatic carbocycles. The number of para-hydroxylation sites is 1. The standard InChI is InChI=1S/C27H19N3O4/c31-22-16-15-20-24(29-34-28-20)23(22)27(33)19-13-7-8-14-21(19)30(26(27)32)25(17-9-3-1-4-10-17)18-11-5-2-6-12-18/h1-16,25,31,33H. The average Bonchev–Trinajstić information content (AvgIpc) is 3.43. The van der Waals surface area contributed by atoms with Crippen LogP contribution in [0.25, 0.3) is 11.0 Å². The third-order valence-corrected chi connectivity index (χ3v) is 6.34. The predicted molar refractivity (Wildman–Crippen MR) is 125 cm³/mol. The van der Waals surface area contributed by atoms with Crippen LogP contribution in [0.1, 0.15) is 28.3 Å². The lowest BCUT2D eigenvalue weighted by molar-refractivity contribution is -0.132. The number of amides is 1. The maximum absolute atomic E-state index is 14.3. The first-order chi connectivity index (χ1) is 16.6. The number of anilines is 1. The molecule has 0 saturated heterocycles. The first-order valence-electron chi connectivity index (χ1n) is 10.8. The number of phenolic OH excluding ortho intramolecular Hbond substituents is 1. The van der Waals surface area contributed by atoms with E-state index >= 15 is 0 Å². The molecular weight excluding hydrogens is 430 g/mol. The maximum Gasteiger partial charge on any atom is 0.269 e. The Morgan fingerprint density at radius 3 is 2.09 bits per heavy atom. The Morgan fingerprint density at radius 1 is 0.794 bits per heavy atom. The van der Waals surface area contributed by atoms with Gasteiger partial charge in [-0.15, -0.1) is 0 Å². The Kier molecular flexibility index (Phi) is 4.46. The number of phenols is 1. The summed E-state index contributed by atoms with van der Waals surface area (Å²) >= 11 is 0. The van der Waals surface area contributed by atoms with Gasteiger partial charge in [-0.25, -0.2) is 4.63 Å². The van der Waals surface area contributed by atoms with Gasteiger partial charge in [-0.1, -0.05) is 78.9 Å². The highest BCUT2D eigenvalue weighted by Gasteiger charge is 2.55. The van der Waals surface area contributed by atoms with E-state index in [1.54, 1.807) is 23.1 Å². The molecule has 0 fully saturated rings. The minimum Gasteiger partial charge on any atom is -0.507 e. The van der Waals surface area contributed by atoms with E-state index in [0.29, 0.717) is 16.8 Å². The Bertz CT molecular complexity index is 1480. The Hall–Kier alpha value is -4.49. The molecule has 0 saturated carbocycles. The van der Waals surface area contributed by atoms with Crippen LogP contribution in [-0.4, -0.2) is 26.4 Å². The fraction of sp³-hybridized carbons (Fsp3) is 0.0741. The predicted octanol–water partition coefficient (Wildman–Crippen LogP) is 4.30. The molecule has 6 rings (SSSR count). The summed E-state index contributed by atoms with van der Waals surface area (Å²) in [6.07, 6.45) is 0. The second kappa shape index (κ2) is 7.54. The first-order valence-corrected chi connectivity index (χ1v) is 10.8. The van der Waals surface area contributed by atoms with E-state index in [9.17, 15) is 15.0 Å². The van der Waals surface area contributed by atoms with E-state index in [1.165, 1.54) is 12.1 Å². The summed E-state index contributed by atoms with van der Waals surface area (Å²) in [5.41, 5.74) is 0.865. The van der Waals surface area contributed by atoms with Crippen molar-refractivity contribution in [2.24, 2.45) is 0 Å². The normalized spacial score (nSPS) is 17.5. The largest absolute Gasteiger partial charge is 0.507 e. The van der Waals surface area contributed by atoms with Crippen LogP contribution in [0.15, 0.2) is 102 Å². The minimum atomic E-state index is -2.19. The molecule has 1 amide bonds. The van der Waals surface area contributed by atoms with Crippen molar-refractivity contribution in [2.45, 2.75) is 11.6 Å². The van der Waals surface area contributed by atoms with Crippen molar-refractivity contribution in [3.05, 3.63) is 119 Å². The summed E-state index contributed by atoms with van der Waals surface area (Å²) in [6, 6.07) is 28.7. The van der Waals surface area contributed by atoms with E-state index < -0.39 is 17.6 Å². The second-order valence-corrected chi connectivity index (χ2v) is 8.22. The van der Waals surface area contributed by atoms with Gasteiger partial charge in [0.15, 0.2) is 0 Å². The van der Waals surface area contributed by atoms with Gasteiger partial charge < -0.3 is 10.2 Å². The molecule has 0 bridgehead atoms. The number of carbonyl (C=O) groups is 1. The summed E-state index contributed by atoms with van der Waals surface area (Å²) in [6.45, 7) is 0. The third kappa shape index (κ3) is 2.77. The lowest BCUT2D eigenvalue weighted by Gasteiger charge is -2.31. The monoisotopic (exact) mass is 449 g/mol. The summed E-state index contributed by atoms with van der Waals surface area (Å²) in [4.78, 5) is 15.9. The van der Waals surface area contributed by atoms with Crippen molar-refractivity contribution in [2.75, 3.05) is 4.90 Å². The number of aromatic nitrogens is 2.